The van der Waals surface area contributed by atoms with Gasteiger partial charge in [0.25, 0.3) is 0 Å². The van der Waals surface area contributed by atoms with E-state index in [2.05, 4.69) is 0 Å². The molecule has 0 N–H and O–H groups in total. The number of imide groups is 1. The molecular formula is C27H22N2O3S. The van der Waals surface area contributed by atoms with Crippen molar-refractivity contribution in [2.24, 2.45) is 11.8 Å². The third-order valence-electron chi connectivity index (χ3n) is 7.31. The van der Waals surface area contributed by atoms with E-state index in [0.29, 0.717) is 10.6 Å². The molecule has 3 aliphatic rings. The lowest BCUT2D eigenvalue weighted by Crippen LogP contribution is -2.44. The fraction of sp³-hybridized carbons (Fsp3) is 0.222. The van der Waals surface area contributed by atoms with E-state index in [0.717, 1.165) is 22.3 Å². The average molecular weight is 455 g/mol. The molecule has 0 spiro atoms. The van der Waals surface area contributed by atoms with Gasteiger partial charge in [-0.15, -0.1) is 11.3 Å². The summed E-state index contributed by atoms with van der Waals surface area (Å²) in [6, 6.07) is 16.2. The predicted molar refractivity (Wildman–Crippen MR) is 128 cm³/mol. The van der Waals surface area contributed by atoms with E-state index in [1.54, 1.807) is 6.07 Å². The Morgan fingerprint density at radius 3 is 2.48 bits per heavy atom. The molecule has 6 rings (SSSR count). The van der Waals surface area contributed by atoms with Gasteiger partial charge in [0, 0.05) is 6.20 Å². The number of fused-ring (bicyclic) bond motifs is 5. The molecule has 0 aliphatic carbocycles. The number of nitrogens with zero attached hydrogens (tertiary/aromatic N) is 2. The molecule has 2 saturated heterocycles. The predicted octanol–water partition coefficient (Wildman–Crippen LogP) is 4.76. The molecule has 0 bridgehead atoms. The molecule has 4 heterocycles. The zero-order chi connectivity index (χ0) is 22.9. The summed E-state index contributed by atoms with van der Waals surface area (Å²) < 4.78 is 0. The smallest absolute Gasteiger partial charge is 0.240 e. The highest BCUT2D eigenvalue weighted by Gasteiger charge is 2.64. The van der Waals surface area contributed by atoms with E-state index >= 15 is 0 Å². The maximum Gasteiger partial charge on any atom is 0.240 e. The van der Waals surface area contributed by atoms with Crippen LogP contribution in [0, 0.1) is 25.7 Å². The van der Waals surface area contributed by atoms with Gasteiger partial charge >= 0.3 is 0 Å². The number of Topliss-reactive ketones (excluding diaryl/α,β-unsaturated/α-hetero) is 1. The van der Waals surface area contributed by atoms with Crippen LogP contribution in [0.1, 0.15) is 38.0 Å². The van der Waals surface area contributed by atoms with Gasteiger partial charge in [0.1, 0.15) is 6.04 Å². The number of hydrogen-bond donors (Lipinski definition) is 0. The van der Waals surface area contributed by atoms with Crippen molar-refractivity contribution in [1.82, 2.24) is 4.90 Å². The standard InChI is InChI=1S/C27H22N2O3S/c1-15-7-5-10-19(16(15)2)29-26(31)21-22(27(29)32)24(25(30)20-11-6-14-33-20)28-13-12-17-8-3-4-9-18(17)23(21)28/h3-14,21-24H,1-2H3/t21-,22+,23?,24-/m0/s1. The minimum atomic E-state index is -0.729. The topological polar surface area (TPSA) is 57.7 Å². The van der Waals surface area contributed by atoms with Crippen LogP contribution in [0.4, 0.5) is 5.69 Å². The first-order valence-corrected chi connectivity index (χ1v) is 11.9. The van der Waals surface area contributed by atoms with Crippen LogP contribution in [0.3, 0.4) is 0 Å². The molecule has 1 aromatic heterocycles. The first-order chi connectivity index (χ1) is 16.0. The second kappa shape index (κ2) is 7.25. The van der Waals surface area contributed by atoms with Crippen LogP contribution < -0.4 is 4.90 Å². The minimum absolute atomic E-state index is 0.101. The lowest BCUT2D eigenvalue weighted by Gasteiger charge is -2.35. The molecule has 3 aromatic rings. The van der Waals surface area contributed by atoms with E-state index in [4.69, 9.17) is 0 Å². The average Bonchev–Trinajstić information content (AvgIpc) is 3.52. The number of benzene rings is 2. The van der Waals surface area contributed by atoms with Crippen molar-refractivity contribution in [3.8, 4) is 0 Å². The highest BCUT2D eigenvalue weighted by molar-refractivity contribution is 7.12. The quantitative estimate of drug-likeness (QED) is 0.423. The molecule has 33 heavy (non-hydrogen) atoms. The van der Waals surface area contributed by atoms with Crippen molar-refractivity contribution in [2.45, 2.75) is 25.9 Å². The van der Waals surface area contributed by atoms with Crippen LogP contribution in [-0.4, -0.2) is 28.5 Å². The number of carbonyl (C=O) groups is 3. The normalized spacial score (nSPS) is 25.3. The fourth-order valence-corrected chi connectivity index (χ4v) is 6.33. The van der Waals surface area contributed by atoms with Gasteiger partial charge in [0.15, 0.2) is 5.78 Å². The first kappa shape index (κ1) is 20.1. The van der Waals surface area contributed by atoms with Gasteiger partial charge < -0.3 is 4.90 Å². The number of aryl methyl sites for hydroxylation is 1. The van der Waals surface area contributed by atoms with E-state index in [9.17, 15) is 14.4 Å². The SMILES string of the molecule is Cc1cccc(N2C(=O)[C@@H]3[C@H](C2=O)C2c4ccccc4C=CN2[C@@H]3C(=O)c2cccs2)c1C. The number of thiophene rings is 1. The summed E-state index contributed by atoms with van der Waals surface area (Å²) in [7, 11) is 0. The molecule has 5 nitrogen and oxygen atoms in total. The van der Waals surface area contributed by atoms with E-state index in [1.807, 2.05) is 84.9 Å². The van der Waals surface area contributed by atoms with E-state index < -0.39 is 17.9 Å². The van der Waals surface area contributed by atoms with Crippen LogP contribution in [0.2, 0.25) is 0 Å². The Bertz CT molecular complexity index is 1340. The van der Waals surface area contributed by atoms with Crippen molar-refractivity contribution < 1.29 is 14.4 Å². The van der Waals surface area contributed by atoms with Crippen molar-refractivity contribution in [1.29, 1.82) is 0 Å². The molecule has 2 fully saturated rings. The van der Waals surface area contributed by atoms with Gasteiger partial charge in [-0.1, -0.05) is 42.5 Å². The second-order valence-corrected chi connectivity index (χ2v) is 9.85. The fourth-order valence-electron chi connectivity index (χ4n) is 5.64. The highest BCUT2D eigenvalue weighted by Crippen LogP contribution is 2.54. The Labute approximate surface area is 195 Å². The van der Waals surface area contributed by atoms with Crippen LogP contribution in [-0.2, 0) is 9.59 Å². The summed E-state index contributed by atoms with van der Waals surface area (Å²) in [6.07, 6.45) is 3.86. The van der Waals surface area contributed by atoms with Crippen LogP contribution in [0.25, 0.3) is 6.08 Å². The minimum Gasteiger partial charge on any atom is -0.358 e. The van der Waals surface area contributed by atoms with E-state index in [1.165, 1.54) is 16.2 Å². The lowest BCUT2D eigenvalue weighted by atomic mass is 9.84. The molecule has 4 atom stereocenters. The Hall–Kier alpha value is -3.51. The van der Waals surface area contributed by atoms with Gasteiger partial charge in [-0.05, 0) is 59.7 Å². The number of ketones is 1. The number of amides is 2. The third-order valence-corrected chi connectivity index (χ3v) is 8.20. The summed E-state index contributed by atoms with van der Waals surface area (Å²) in [5.74, 6) is -1.95. The second-order valence-electron chi connectivity index (χ2n) is 8.91. The van der Waals surface area contributed by atoms with Gasteiger partial charge in [0.2, 0.25) is 11.8 Å². The number of anilines is 1. The molecule has 2 aromatic carbocycles. The van der Waals surface area contributed by atoms with Crippen LogP contribution >= 0.6 is 11.3 Å². The lowest BCUT2D eigenvalue weighted by molar-refractivity contribution is -0.123. The Morgan fingerprint density at radius 2 is 1.70 bits per heavy atom. The Balaban J connectivity index is 1.52. The maximum absolute atomic E-state index is 13.9. The van der Waals surface area contributed by atoms with Crippen molar-refractivity contribution in [3.63, 3.8) is 0 Å². The third kappa shape index (κ3) is 2.74. The zero-order valence-corrected chi connectivity index (χ0v) is 19.1. The van der Waals surface area contributed by atoms with Gasteiger partial charge in [-0.3, -0.25) is 14.4 Å². The summed E-state index contributed by atoms with van der Waals surface area (Å²) in [5.41, 5.74) is 4.55. The summed E-state index contributed by atoms with van der Waals surface area (Å²) in [6.45, 7) is 3.90. The van der Waals surface area contributed by atoms with Gasteiger partial charge in [-0.25, -0.2) is 4.90 Å². The molecule has 0 saturated carbocycles. The molecular weight excluding hydrogens is 432 g/mol. The van der Waals surface area contributed by atoms with Crippen LogP contribution in [0.15, 0.2) is 66.2 Å². The zero-order valence-electron chi connectivity index (χ0n) is 18.3. The van der Waals surface area contributed by atoms with E-state index in [-0.39, 0.29) is 23.6 Å². The molecule has 3 aliphatic heterocycles. The number of hydrogen-bond acceptors (Lipinski definition) is 5. The monoisotopic (exact) mass is 454 g/mol. The molecule has 2 amide bonds. The molecule has 0 radical (unpaired) electrons. The van der Waals surface area contributed by atoms with Crippen molar-refractivity contribution >= 4 is 40.7 Å². The maximum atomic E-state index is 13.9. The molecule has 6 heteroatoms. The van der Waals surface area contributed by atoms with Crippen molar-refractivity contribution in [3.05, 3.63) is 93.3 Å². The number of rotatable bonds is 3. The summed E-state index contributed by atoms with van der Waals surface area (Å²) in [4.78, 5) is 45.4. The summed E-state index contributed by atoms with van der Waals surface area (Å²) >= 11 is 1.37. The largest absolute Gasteiger partial charge is 0.358 e. The summed E-state index contributed by atoms with van der Waals surface area (Å²) in [5, 5.41) is 1.86. The molecule has 164 valence electrons. The van der Waals surface area contributed by atoms with Gasteiger partial charge in [-0.2, -0.15) is 0 Å². The van der Waals surface area contributed by atoms with Crippen LogP contribution in [0.5, 0.6) is 0 Å². The highest BCUT2D eigenvalue weighted by atomic mass is 32.1. The first-order valence-electron chi connectivity index (χ1n) is 11.1. The van der Waals surface area contributed by atoms with Gasteiger partial charge in [0.05, 0.1) is 28.4 Å². The Kier molecular flexibility index (Phi) is 4.42. The van der Waals surface area contributed by atoms with Crippen molar-refractivity contribution in [2.75, 3.05) is 4.90 Å². The number of carbonyl (C=O) groups excluding carboxylic acids is 3. The molecule has 1 unspecified atom stereocenters. The Morgan fingerprint density at radius 1 is 0.909 bits per heavy atom.